The van der Waals surface area contributed by atoms with Gasteiger partial charge in [0.15, 0.2) is 6.29 Å². The molecule has 2 atom stereocenters. The standard InChI is InChI=1S/C6H12O3/c1-4-2-5(3-9-4)6(7)8/h4-8H,2-3H2,1H3. The Morgan fingerprint density at radius 1 is 1.56 bits per heavy atom. The number of aliphatic hydroxyl groups excluding tert-OH is 1. The first-order chi connectivity index (χ1) is 4.20. The summed E-state index contributed by atoms with van der Waals surface area (Å²) < 4.78 is 5.11. The molecule has 9 heavy (non-hydrogen) atoms. The maximum Gasteiger partial charge on any atom is 0.156 e. The average Bonchev–Trinajstić information content (AvgIpc) is 2.14. The fraction of sp³-hybridized carbons (Fsp3) is 1.00. The highest BCUT2D eigenvalue weighted by Gasteiger charge is 2.26. The number of rotatable bonds is 1. The van der Waals surface area contributed by atoms with Crippen LogP contribution in [0.1, 0.15) is 13.3 Å². The molecule has 3 nitrogen and oxygen atoms in total. The number of hydrogen-bond donors (Lipinski definition) is 2. The Kier molecular flexibility index (Phi) is 2.05. The van der Waals surface area contributed by atoms with Gasteiger partial charge in [0.2, 0.25) is 0 Å². The molecule has 0 aliphatic carbocycles. The zero-order valence-corrected chi connectivity index (χ0v) is 5.45. The van der Waals surface area contributed by atoms with Gasteiger partial charge in [0, 0.05) is 5.92 Å². The predicted octanol–water partition coefficient (Wildman–Crippen LogP) is -0.278. The average molecular weight is 132 g/mol. The summed E-state index contributed by atoms with van der Waals surface area (Å²) in [6.07, 6.45) is -0.246. The van der Waals surface area contributed by atoms with Crippen molar-refractivity contribution < 1.29 is 14.9 Å². The molecule has 1 rings (SSSR count). The van der Waals surface area contributed by atoms with Crippen molar-refractivity contribution in [3.63, 3.8) is 0 Å². The van der Waals surface area contributed by atoms with Gasteiger partial charge in [-0.15, -0.1) is 0 Å². The Morgan fingerprint density at radius 3 is 2.44 bits per heavy atom. The van der Waals surface area contributed by atoms with Crippen molar-refractivity contribution in [1.82, 2.24) is 0 Å². The first kappa shape index (κ1) is 6.99. The Hall–Kier alpha value is -0.120. The summed E-state index contributed by atoms with van der Waals surface area (Å²) in [4.78, 5) is 0. The predicted molar refractivity (Wildman–Crippen MR) is 31.7 cm³/mol. The van der Waals surface area contributed by atoms with E-state index in [1.54, 1.807) is 0 Å². The SMILES string of the molecule is CC1CC(C(O)O)CO1. The second-order valence-electron chi connectivity index (χ2n) is 2.55. The van der Waals surface area contributed by atoms with Crippen molar-refractivity contribution in [2.45, 2.75) is 25.7 Å². The van der Waals surface area contributed by atoms with Crippen LogP contribution in [-0.2, 0) is 4.74 Å². The van der Waals surface area contributed by atoms with Gasteiger partial charge in [0.05, 0.1) is 12.7 Å². The highest BCUT2D eigenvalue weighted by atomic mass is 16.5. The largest absolute Gasteiger partial charge is 0.378 e. The van der Waals surface area contributed by atoms with Crippen molar-refractivity contribution >= 4 is 0 Å². The Morgan fingerprint density at radius 2 is 2.22 bits per heavy atom. The summed E-state index contributed by atoms with van der Waals surface area (Å²) in [7, 11) is 0. The van der Waals surface area contributed by atoms with Gasteiger partial charge in [-0.1, -0.05) is 0 Å². The lowest BCUT2D eigenvalue weighted by Gasteiger charge is -2.07. The van der Waals surface area contributed by atoms with E-state index in [1.807, 2.05) is 6.92 Å². The summed E-state index contributed by atoms with van der Waals surface area (Å²) in [5.74, 6) is -0.0694. The van der Waals surface area contributed by atoms with Gasteiger partial charge in [-0.3, -0.25) is 0 Å². The molecule has 2 unspecified atom stereocenters. The Bertz CT molecular complexity index is 92.3. The van der Waals surface area contributed by atoms with E-state index in [2.05, 4.69) is 0 Å². The molecule has 54 valence electrons. The first-order valence-electron chi connectivity index (χ1n) is 3.18. The van der Waals surface area contributed by atoms with Gasteiger partial charge >= 0.3 is 0 Å². The van der Waals surface area contributed by atoms with Crippen LogP contribution < -0.4 is 0 Å². The summed E-state index contributed by atoms with van der Waals surface area (Å²) in [6.45, 7) is 2.42. The maximum absolute atomic E-state index is 8.65. The highest BCUT2D eigenvalue weighted by molar-refractivity contribution is 4.70. The third-order valence-electron chi connectivity index (χ3n) is 1.65. The first-order valence-corrected chi connectivity index (χ1v) is 3.18. The van der Waals surface area contributed by atoms with Crippen LogP contribution in [0.5, 0.6) is 0 Å². The zero-order chi connectivity index (χ0) is 6.85. The van der Waals surface area contributed by atoms with E-state index in [-0.39, 0.29) is 12.0 Å². The van der Waals surface area contributed by atoms with Gasteiger partial charge in [0.1, 0.15) is 0 Å². The molecule has 0 radical (unpaired) electrons. The van der Waals surface area contributed by atoms with Gasteiger partial charge in [-0.25, -0.2) is 0 Å². The smallest absolute Gasteiger partial charge is 0.156 e. The van der Waals surface area contributed by atoms with Gasteiger partial charge in [0.25, 0.3) is 0 Å². The summed E-state index contributed by atoms with van der Waals surface area (Å²) in [5, 5.41) is 17.3. The van der Waals surface area contributed by atoms with E-state index in [0.29, 0.717) is 6.61 Å². The third kappa shape index (κ3) is 1.64. The van der Waals surface area contributed by atoms with Crippen LogP contribution in [-0.4, -0.2) is 29.2 Å². The molecule has 0 spiro atoms. The molecule has 2 N–H and O–H groups in total. The zero-order valence-electron chi connectivity index (χ0n) is 5.45. The molecule has 1 fully saturated rings. The molecule has 0 amide bonds. The fourth-order valence-corrected chi connectivity index (χ4v) is 1.06. The molecule has 0 aromatic rings. The third-order valence-corrected chi connectivity index (χ3v) is 1.65. The van der Waals surface area contributed by atoms with Crippen LogP contribution in [0.4, 0.5) is 0 Å². The van der Waals surface area contributed by atoms with Crippen molar-refractivity contribution in [3.05, 3.63) is 0 Å². The number of ether oxygens (including phenoxy) is 1. The lowest BCUT2D eigenvalue weighted by molar-refractivity contribution is -0.0838. The molecule has 1 saturated heterocycles. The van der Waals surface area contributed by atoms with E-state index < -0.39 is 6.29 Å². The molecular formula is C6H12O3. The number of hydrogen-bond acceptors (Lipinski definition) is 3. The van der Waals surface area contributed by atoms with Crippen LogP contribution in [0.3, 0.4) is 0 Å². The molecule has 0 aromatic heterocycles. The van der Waals surface area contributed by atoms with Crippen molar-refractivity contribution in [2.24, 2.45) is 5.92 Å². The quantitative estimate of drug-likeness (QED) is 0.482. The Balaban J connectivity index is 2.30. The molecule has 1 heterocycles. The molecule has 1 aliphatic heterocycles. The Labute approximate surface area is 54.3 Å². The van der Waals surface area contributed by atoms with Crippen LogP contribution in [0.2, 0.25) is 0 Å². The minimum Gasteiger partial charge on any atom is -0.378 e. The molecular weight excluding hydrogens is 120 g/mol. The normalized spacial score (nSPS) is 36.0. The van der Waals surface area contributed by atoms with Crippen LogP contribution in [0.25, 0.3) is 0 Å². The lowest BCUT2D eigenvalue weighted by Crippen LogP contribution is -2.19. The topological polar surface area (TPSA) is 49.7 Å². The number of aliphatic hydroxyl groups is 2. The van der Waals surface area contributed by atoms with Crippen LogP contribution in [0.15, 0.2) is 0 Å². The molecule has 3 heteroatoms. The minimum atomic E-state index is -1.20. The van der Waals surface area contributed by atoms with Crippen molar-refractivity contribution in [1.29, 1.82) is 0 Å². The summed E-state index contributed by atoms with van der Waals surface area (Å²) in [6, 6.07) is 0. The monoisotopic (exact) mass is 132 g/mol. The summed E-state index contributed by atoms with van der Waals surface area (Å²) in [5.41, 5.74) is 0. The maximum atomic E-state index is 8.65. The van der Waals surface area contributed by atoms with E-state index >= 15 is 0 Å². The fourth-order valence-electron chi connectivity index (χ4n) is 1.06. The molecule has 0 saturated carbocycles. The lowest BCUT2D eigenvalue weighted by atomic mass is 10.1. The van der Waals surface area contributed by atoms with Crippen LogP contribution in [0, 0.1) is 5.92 Å². The van der Waals surface area contributed by atoms with E-state index in [9.17, 15) is 0 Å². The van der Waals surface area contributed by atoms with Gasteiger partial charge in [-0.2, -0.15) is 0 Å². The summed E-state index contributed by atoms with van der Waals surface area (Å²) >= 11 is 0. The van der Waals surface area contributed by atoms with Crippen molar-refractivity contribution in [2.75, 3.05) is 6.61 Å². The van der Waals surface area contributed by atoms with Gasteiger partial charge < -0.3 is 14.9 Å². The highest BCUT2D eigenvalue weighted by Crippen LogP contribution is 2.20. The molecule has 1 aliphatic rings. The van der Waals surface area contributed by atoms with E-state index in [1.165, 1.54) is 0 Å². The second-order valence-corrected chi connectivity index (χ2v) is 2.55. The molecule has 0 aromatic carbocycles. The van der Waals surface area contributed by atoms with Crippen molar-refractivity contribution in [3.8, 4) is 0 Å². The second kappa shape index (κ2) is 2.64. The van der Waals surface area contributed by atoms with E-state index in [0.717, 1.165) is 6.42 Å². The van der Waals surface area contributed by atoms with E-state index in [4.69, 9.17) is 14.9 Å². The van der Waals surface area contributed by atoms with Gasteiger partial charge in [-0.05, 0) is 13.3 Å². The van der Waals surface area contributed by atoms with Crippen LogP contribution >= 0.6 is 0 Å². The molecule has 0 bridgehead atoms. The minimum absolute atomic E-state index is 0.0694.